The molecule has 1 N–H and O–H groups in total. The molecule has 0 fully saturated rings. The van der Waals surface area contributed by atoms with E-state index in [0.717, 1.165) is 5.56 Å². The zero-order valence-electron chi connectivity index (χ0n) is 11.5. The standard InChI is InChI=1S/C15H19FO3/c1-4-19-13(17)8-15(18)9-14(2,3)11-6-5-10(16)7-12(11)15/h5-7,18H,4,8-9H2,1-3H3. The summed E-state index contributed by atoms with van der Waals surface area (Å²) < 4.78 is 18.3. The zero-order chi connectivity index (χ0) is 14.3. The van der Waals surface area contributed by atoms with Gasteiger partial charge in [0.15, 0.2) is 0 Å². The number of hydrogen-bond acceptors (Lipinski definition) is 3. The maximum Gasteiger partial charge on any atom is 0.309 e. The maximum absolute atomic E-state index is 13.4. The van der Waals surface area contributed by atoms with E-state index in [0.29, 0.717) is 12.0 Å². The molecule has 0 amide bonds. The van der Waals surface area contributed by atoms with Gasteiger partial charge in [0.05, 0.1) is 13.0 Å². The molecule has 0 bridgehead atoms. The van der Waals surface area contributed by atoms with E-state index in [2.05, 4.69) is 0 Å². The van der Waals surface area contributed by atoms with Gasteiger partial charge in [-0.2, -0.15) is 0 Å². The van der Waals surface area contributed by atoms with Gasteiger partial charge < -0.3 is 9.84 Å². The number of ether oxygens (including phenoxy) is 1. The molecule has 0 spiro atoms. The highest BCUT2D eigenvalue weighted by Gasteiger charge is 2.48. The summed E-state index contributed by atoms with van der Waals surface area (Å²) >= 11 is 0. The van der Waals surface area contributed by atoms with E-state index in [1.54, 1.807) is 13.0 Å². The molecule has 0 aliphatic heterocycles. The second-order valence-electron chi connectivity index (χ2n) is 5.76. The molecule has 0 radical (unpaired) electrons. The van der Waals surface area contributed by atoms with Crippen molar-refractivity contribution in [1.29, 1.82) is 0 Å². The van der Waals surface area contributed by atoms with Crippen LogP contribution in [0.3, 0.4) is 0 Å². The molecule has 3 nitrogen and oxygen atoms in total. The van der Waals surface area contributed by atoms with E-state index < -0.39 is 17.4 Å². The molecule has 1 unspecified atom stereocenters. The van der Waals surface area contributed by atoms with Crippen LogP contribution in [0.15, 0.2) is 18.2 Å². The number of carbonyl (C=O) groups is 1. The molecule has 104 valence electrons. The molecule has 19 heavy (non-hydrogen) atoms. The molecule has 0 heterocycles. The monoisotopic (exact) mass is 266 g/mol. The van der Waals surface area contributed by atoms with E-state index >= 15 is 0 Å². The summed E-state index contributed by atoms with van der Waals surface area (Å²) in [5.74, 6) is -0.864. The van der Waals surface area contributed by atoms with Crippen molar-refractivity contribution in [3.8, 4) is 0 Å². The van der Waals surface area contributed by atoms with Gasteiger partial charge in [0.25, 0.3) is 0 Å². The summed E-state index contributed by atoms with van der Waals surface area (Å²) in [4.78, 5) is 11.6. The van der Waals surface area contributed by atoms with Crippen LogP contribution < -0.4 is 0 Å². The van der Waals surface area contributed by atoms with Gasteiger partial charge in [-0.25, -0.2) is 4.39 Å². The Kier molecular flexibility index (Phi) is 3.39. The van der Waals surface area contributed by atoms with Crippen molar-refractivity contribution in [2.45, 2.75) is 44.6 Å². The van der Waals surface area contributed by atoms with Gasteiger partial charge >= 0.3 is 5.97 Å². The van der Waals surface area contributed by atoms with Crippen molar-refractivity contribution in [1.82, 2.24) is 0 Å². The lowest BCUT2D eigenvalue weighted by Gasteiger charge is -2.25. The second-order valence-corrected chi connectivity index (χ2v) is 5.76. The summed E-state index contributed by atoms with van der Waals surface area (Å²) in [6.07, 6.45) is 0.248. The Morgan fingerprint density at radius 1 is 1.42 bits per heavy atom. The molecule has 4 heteroatoms. The summed E-state index contributed by atoms with van der Waals surface area (Å²) in [5.41, 5.74) is -0.233. The number of halogens is 1. The topological polar surface area (TPSA) is 46.5 Å². The number of fused-ring (bicyclic) bond motifs is 1. The first kappa shape index (κ1) is 14.0. The Morgan fingerprint density at radius 2 is 2.11 bits per heavy atom. The largest absolute Gasteiger partial charge is 0.466 e. The van der Waals surface area contributed by atoms with Gasteiger partial charge in [0.1, 0.15) is 11.4 Å². The highest BCUT2D eigenvalue weighted by atomic mass is 19.1. The molecular weight excluding hydrogens is 247 g/mol. The van der Waals surface area contributed by atoms with Crippen LogP contribution in [-0.4, -0.2) is 17.7 Å². The summed E-state index contributed by atoms with van der Waals surface area (Å²) in [7, 11) is 0. The van der Waals surface area contributed by atoms with Crippen molar-refractivity contribution in [3.63, 3.8) is 0 Å². The minimum atomic E-state index is -1.34. The fraction of sp³-hybridized carbons (Fsp3) is 0.533. The molecule has 0 saturated carbocycles. The van der Waals surface area contributed by atoms with Crippen molar-refractivity contribution in [2.24, 2.45) is 0 Å². The molecule has 0 aromatic heterocycles. The molecule has 1 aromatic rings. The van der Waals surface area contributed by atoms with E-state index in [4.69, 9.17) is 4.74 Å². The highest BCUT2D eigenvalue weighted by Crippen LogP contribution is 2.50. The zero-order valence-corrected chi connectivity index (χ0v) is 11.5. The van der Waals surface area contributed by atoms with Gasteiger partial charge in [0, 0.05) is 0 Å². The number of carbonyl (C=O) groups excluding carboxylic acids is 1. The first-order valence-electron chi connectivity index (χ1n) is 6.47. The number of benzene rings is 1. The van der Waals surface area contributed by atoms with Crippen LogP contribution >= 0.6 is 0 Å². The maximum atomic E-state index is 13.4. The Bertz CT molecular complexity index is 510. The average Bonchev–Trinajstić information content (AvgIpc) is 2.45. The SMILES string of the molecule is CCOC(=O)CC1(O)CC(C)(C)c2ccc(F)cc21. The quantitative estimate of drug-likeness (QED) is 0.855. The third-order valence-electron chi connectivity index (χ3n) is 3.69. The Balaban J connectivity index is 2.40. The minimum absolute atomic E-state index is 0.138. The van der Waals surface area contributed by atoms with Crippen LogP contribution in [0.5, 0.6) is 0 Å². The Labute approximate surface area is 112 Å². The van der Waals surface area contributed by atoms with Crippen molar-refractivity contribution in [3.05, 3.63) is 35.1 Å². The van der Waals surface area contributed by atoms with Gasteiger partial charge in [0.2, 0.25) is 0 Å². The van der Waals surface area contributed by atoms with E-state index in [1.807, 2.05) is 13.8 Å². The first-order valence-corrected chi connectivity index (χ1v) is 6.47. The molecule has 2 rings (SSSR count). The summed E-state index contributed by atoms with van der Waals surface area (Å²) in [6.45, 7) is 5.95. The van der Waals surface area contributed by atoms with Crippen LogP contribution in [0.2, 0.25) is 0 Å². The normalized spacial score (nSPS) is 24.1. The van der Waals surface area contributed by atoms with Gasteiger partial charge in [-0.15, -0.1) is 0 Å². The minimum Gasteiger partial charge on any atom is -0.466 e. The van der Waals surface area contributed by atoms with E-state index in [1.165, 1.54) is 12.1 Å². The lowest BCUT2D eigenvalue weighted by Crippen LogP contribution is -2.29. The van der Waals surface area contributed by atoms with Crippen LogP contribution in [-0.2, 0) is 20.5 Å². The van der Waals surface area contributed by atoms with Crippen LogP contribution in [0.25, 0.3) is 0 Å². The predicted molar refractivity (Wildman–Crippen MR) is 69.2 cm³/mol. The fourth-order valence-corrected chi connectivity index (χ4v) is 3.02. The smallest absolute Gasteiger partial charge is 0.309 e. The van der Waals surface area contributed by atoms with E-state index in [-0.39, 0.29) is 18.4 Å². The molecular formula is C15H19FO3. The van der Waals surface area contributed by atoms with Gasteiger partial charge in [-0.3, -0.25) is 4.79 Å². The molecule has 0 saturated heterocycles. The number of hydrogen-bond donors (Lipinski definition) is 1. The van der Waals surface area contributed by atoms with Crippen molar-refractivity contribution < 1.29 is 19.0 Å². The lowest BCUT2D eigenvalue weighted by atomic mass is 9.84. The van der Waals surface area contributed by atoms with Gasteiger partial charge in [-0.1, -0.05) is 19.9 Å². The molecule has 1 aromatic carbocycles. The highest BCUT2D eigenvalue weighted by molar-refractivity contribution is 5.71. The summed E-state index contributed by atoms with van der Waals surface area (Å²) in [5, 5.41) is 10.7. The predicted octanol–water partition coefficient (Wildman–Crippen LogP) is 2.65. The van der Waals surface area contributed by atoms with Crippen LogP contribution in [0, 0.1) is 5.82 Å². The van der Waals surface area contributed by atoms with Gasteiger partial charge in [-0.05, 0) is 42.0 Å². The third kappa shape index (κ3) is 2.50. The molecule has 1 aliphatic carbocycles. The average molecular weight is 266 g/mol. The molecule has 1 atom stereocenters. The number of rotatable bonds is 3. The van der Waals surface area contributed by atoms with Crippen LogP contribution in [0.1, 0.15) is 44.7 Å². The second kappa shape index (κ2) is 4.60. The van der Waals surface area contributed by atoms with Crippen molar-refractivity contribution in [2.75, 3.05) is 6.61 Å². The lowest BCUT2D eigenvalue weighted by molar-refractivity contribution is -0.149. The molecule has 1 aliphatic rings. The summed E-state index contributed by atoms with van der Waals surface area (Å²) in [6, 6.07) is 4.40. The number of aliphatic hydroxyl groups is 1. The van der Waals surface area contributed by atoms with Crippen LogP contribution in [0.4, 0.5) is 4.39 Å². The van der Waals surface area contributed by atoms with E-state index in [9.17, 15) is 14.3 Å². The third-order valence-corrected chi connectivity index (χ3v) is 3.69. The van der Waals surface area contributed by atoms with Crippen molar-refractivity contribution >= 4 is 5.97 Å². The Morgan fingerprint density at radius 3 is 2.74 bits per heavy atom. The fourth-order valence-electron chi connectivity index (χ4n) is 3.02. The Hall–Kier alpha value is -1.42. The first-order chi connectivity index (χ1) is 8.78. The number of esters is 1.